The first-order valence-corrected chi connectivity index (χ1v) is 24.6. The Bertz CT molecular complexity index is 1350. The van der Waals surface area contributed by atoms with Gasteiger partial charge in [-0.2, -0.15) is 9.13 Å². The van der Waals surface area contributed by atoms with Gasteiger partial charge in [-0.1, -0.05) is 165 Å². The van der Waals surface area contributed by atoms with Gasteiger partial charge in [0.25, 0.3) is 0 Å². The number of thiazole rings is 2. The maximum Gasteiger partial charge on any atom is 0.338 e. The van der Waals surface area contributed by atoms with Crippen molar-refractivity contribution in [2.75, 3.05) is 13.2 Å². The number of aromatic nitrogens is 2. The summed E-state index contributed by atoms with van der Waals surface area (Å²) in [5, 5.41) is 0. The number of esters is 2. The number of hydrogen-bond acceptors (Lipinski definition) is 6. The molecule has 56 heavy (non-hydrogen) atoms. The van der Waals surface area contributed by atoms with E-state index < -0.39 is 0 Å². The predicted octanol–water partition coefficient (Wildman–Crippen LogP) is 13.2. The zero-order valence-electron chi connectivity index (χ0n) is 36.0. The van der Waals surface area contributed by atoms with Gasteiger partial charge in [-0.3, -0.25) is 0 Å². The first-order valence-electron chi connectivity index (χ1n) is 22.8. The van der Waals surface area contributed by atoms with Gasteiger partial charge in [-0.15, -0.1) is 0 Å². The molecule has 1 aromatic carbocycles. The molecule has 0 fully saturated rings. The van der Waals surface area contributed by atoms with Crippen LogP contribution in [0, 0.1) is 13.8 Å². The Labute approximate surface area is 349 Å². The summed E-state index contributed by atoms with van der Waals surface area (Å²) in [7, 11) is 0. The molecule has 0 bridgehead atoms. The lowest BCUT2D eigenvalue weighted by molar-refractivity contribution is -0.698. The van der Waals surface area contributed by atoms with Gasteiger partial charge in [-0.05, 0) is 37.1 Å². The third-order valence-corrected chi connectivity index (χ3v) is 13.6. The summed E-state index contributed by atoms with van der Waals surface area (Å²) in [6.45, 7) is 11.7. The molecule has 0 atom stereocenters. The lowest BCUT2D eigenvalue weighted by Gasteiger charge is -2.06. The van der Waals surface area contributed by atoms with Gasteiger partial charge in [-0.25, -0.2) is 9.59 Å². The normalized spacial score (nSPS) is 11.4. The van der Waals surface area contributed by atoms with E-state index >= 15 is 0 Å². The van der Waals surface area contributed by atoms with E-state index in [1.54, 1.807) is 46.9 Å². The summed E-state index contributed by atoms with van der Waals surface area (Å²) in [6, 6.07) is 6.61. The Morgan fingerprint density at radius 1 is 0.464 bits per heavy atom. The van der Waals surface area contributed by atoms with E-state index in [9.17, 15) is 9.59 Å². The Balaban J connectivity index is 1.23. The number of nitrogens with zero attached hydrogens (tertiary/aromatic N) is 2. The number of carbonyl (C=O) groups excluding carboxylic acids is 2. The van der Waals surface area contributed by atoms with E-state index in [1.165, 1.54) is 175 Å². The van der Waals surface area contributed by atoms with E-state index in [1.807, 2.05) is 0 Å². The molecular weight excluding hydrogens is 733 g/mol. The number of aryl methyl sites for hydroxylation is 2. The molecule has 0 saturated heterocycles. The Kier molecular flexibility index (Phi) is 26.0. The Morgan fingerprint density at radius 2 is 0.750 bits per heavy atom. The van der Waals surface area contributed by atoms with Crippen molar-refractivity contribution in [2.45, 2.75) is 208 Å². The molecule has 2 aromatic heterocycles. The van der Waals surface area contributed by atoms with Crippen LogP contribution in [-0.4, -0.2) is 25.2 Å². The van der Waals surface area contributed by atoms with Gasteiger partial charge in [0.2, 0.25) is 11.0 Å². The molecule has 0 aliphatic rings. The average molecular weight is 811 g/mol. The zero-order valence-corrected chi connectivity index (χ0v) is 37.7. The highest BCUT2D eigenvalue weighted by Gasteiger charge is 2.18. The number of carbonyl (C=O) groups is 2. The van der Waals surface area contributed by atoms with Crippen molar-refractivity contribution in [3.8, 4) is 0 Å². The molecule has 3 rings (SSSR count). The molecule has 0 amide bonds. The Morgan fingerprint density at radius 3 is 1.05 bits per heavy atom. The predicted molar refractivity (Wildman–Crippen MR) is 235 cm³/mol. The molecule has 6 nitrogen and oxygen atoms in total. The monoisotopic (exact) mass is 811 g/mol. The van der Waals surface area contributed by atoms with Crippen molar-refractivity contribution in [1.82, 2.24) is 0 Å². The molecular formula is C48H78N2O4S2+2. The fraction of sp³-hybridized carbons (Fsp3) is 0.708. The van der Waals surface area contributed by atoms with Gasteiger partial charge >= 0.3 is 11.9 Å². The van der Waals surface area contributed by atoms with Crippen LogP contribution in [-0.2, 0) is 35.4 Å². The summed E-state index contributed by atoms with van der Waals surface area (Å²) in [6.07, 6.45) is 34.1. The highest BCUT2D eigenvalue weighted by atomic mass is 32.1. The van der Waals surface area contributed by atoms with Crippen molar-refractivity contribution in [2.24, 2.45) is 0 Å². The van der Waals surface area contributed by atoms with Crippen LogP contribution in [0.15, 0.2) is 35.3 Å². The molecule has 0 unspecified atom stereocenters. The molecule has 314 valence electrons. The molecule has 0 radical (unpaired) electrons. The standard InChI is InChI=1S/C48H78N2O4S2/c1-5-7-9-11-13-15-17-19-21-23-25-27-35-49-39-55-45(41(49)3)33-37-53-47(51)43-29-31-44(32-30-43)48(52)54-38-34-46-42(4)50(40-56-46)36-28-26-24-22-20-18-16-14-12-10-8-6-2/h29-32,39-40H,5-28,33-38H2,1-4H3/q+2. The van der Waals surface area contributed by atoms with Crippen LogP contribution in [0.5, 0.6) is 0 Å². The quantitative estimate of drug-likeness (QED) is 0.0342. The van der Waals surface area contributed by atoms with Crippen LogP contribution in [0.25, 0.3) is 0 Å². The van der Waals surface area contributed by atoms with E-state index in [2.05, 4.69) is 47.9 Å². The van der Waals surface area contributed by atoms with Gasteiger partial charge in [0.15, 0.2) is 11.4 Å². The average Bonchev–Trinajstić information content (AvgIpc) is 3.74. The van der Waals surface area contributed by atoms with Crippen molar-refractivity contribution in [3.63, 3.8) is 0 Å². The summed E-state index contributed by atoms with van der Waals surface area (Å²) in [4.78, 5) is 28.0. The van der Waals surface area contributed by atoms with Gasteiger partial charge < -0.3 is 9.47 Å². The highest BCUT2D eigenvalue weighted by molar-refractivity contribution is 7.09. The highest BCUT2D eigenvalue weighted by Crippen LogP contribution is 2.17. The number of ether oxygens (including phenoxy) is 2. The molecule has 0 aliphatic carbocycles. The molecule has 3 aromatic rings. The fourth-order valence-electron chi connectivity index (χ4n) is 7.45. The maximum atomic E-state index is 12.7. The summed E-state index contributed by atoms with van der Waals surface area (Å²) < 4.78 is 15.9. The SMILES string of the molecule is CCCCCCCCCCCCCC[n+]1csc(CCOC(=O)c2ccc(C(=O)OCCc3sc[n+](CCCCCCCCCCCCCC)c3C)cc2)c1C. The van der Waals surface area contributed by atoms with E-state index in [4.69, 9.17) is 9.47 Å². The van der Waals surface area contributed by atoms with Crippen LogP contribution in [0.1, 0.15) is 210 Å². The second-order valence-electron chi connectivity index (χ2n) is 16.0. The first-order chi connectivity index (χ1) is 27.4. The second kappa shape index (κ2) is 30.5. The summed E-state index contributed by atoms with van der Waals surface area (Å²) in [5.41, 5.74) is 7.86. The maximum absolute atomic E-state index is 12.7. The van der Waals surface area contributed by atoms with E-state index in [-0.39, 0.29) is 11.9 Å². The largest absolute Gasteiger partial charge is 0.462 e. The third kappa shape index (κ3) is 19.7. The van der Waals surface area contributed by atoms with E-state index in [0.717, 1.165) is 13.1 Å². The number of rotatable bonds is 34. The van der Waals surface area contributed by atoms with Gasteiger partial charge in [0, 0.05) is 39.5 Å². The molecule has 0 saturated carbocycles. The minimum atomic E-state index is -0.367. The lowest BCUT2D eigenvalue weighted by atomic mass is 10.1. The first kappa shape index (κ1) is 47.8. The molecule has 2 heterocycles. The van der Waals surface area contributed by atoms with Gasteiger partial charge in [0.05, 0.1) is 34.1 Å². The van der Waals surface area contributed by atoms with Crippen LogP contribution in [0.4, 0.5) is 0 Å². The Hall–Kier alpha value is -2.58. The van der Waals surface area contributed by atoms with Crippen LogP contribution in [0.3, 0.4) is 0 Å². The van der Waals surface area contributed by atoms with E-state index in [0.29, 0.717) is 37.2 Å². The molecule has 0 N–H and O–H groups in total. The number of benzene rings is 1. The minimum absolute atomic E-state index is 0.337. The topological polar surface area (TPSA) is 60.4 Å². The van der Waals surface area contributed by atoms with Crippen molar-refractivity contribution < 1.29 is 28.2 Å². The summed E-state index contributed by atoms with van der Waals surface area (Å²) in [5.74, 6) is -0.734. The molecule has 0 aliphatic heterocycles. The lowest BCUT2D eigenvalue weighted by Crippen LogP contribution is -2.34. The van der Waals surface area contributed by atoms with Crippen molar-refractivity contribution in [1.29, 1.82) is 0 Å². The number of unbranched alkanes of at least 4 members (excludes halogenated alkanes) is 22. The van der Waals surface area contributed by atoms with Gasteiger partial charge in [0.1, 0.15) is 13.1 Å². The molecule has 0 spiro atoms. The zero-order chi connectivity index (χ0) is 40.1. The van der Waals surface area contributed by atoms with Crippen LogP contribution >= 0.6 is 22.7 Å². The second-order valence-corrected chi connectivity index (χ2v) is 17.9. The van der Waals surface area contributed by atoms with Crippen molar-refractivity contribution in [3.05, 3.63) is 67.6 Å². The van der Waals surface area contributed by atoms with Crippen LogP contribution in [0.2, 0.25) is 0 Å². The smallest absolute Gasteiger partial charge is 0.338 e. The summed E-state index contributed by atoms with van der Waals surface area (Å²) >= 11 is 3.50. The number of hydrogen-bond donors (Lipinski definition) is 0. The molecule has 8 heteroatoms. The van der Waals surface area contributed by atoms with Crippen molar-refractivity contribution >= 4 is 34.6 Å². The minimum Gasteiger partial charge on any atom is -0.462 e. The third-order valence-electron chi connectivity index (χ3n) is 11.3. The fourth-order valence-corrected chi connectivity index (χ4v) is 9.47. The van der Waals surface area contributed by atoms with Crippen LogP contribution < -0.4 is 9.13 Å².